The molecule has 8 heteroatoms. The molecule has 0 amide bonds. The van der Waals surface area contributed by atoms with Crippen molar-refractivity contribution >= 4 is 86.0 Å². The third-order valence-corrected chi connectivity index (χ3v) is 0. The summed E-state index contributed by atoms with van der Waals surface area (Å²) in [7, 11) is -4.64. The van der Waals surface area contributed by atoms with Gasteiger partial charge in [0.05, 0.1) is 0 Å². The molecule has 0 aromatic carbocycles. The van der Waals surface area contributed by atoms with Gasteiger partial charge in [0.2, 0.25) is 0 Å². The average molecular weight is 196 g/mol. The summed E-state index contributed by atoms with van der Waals surface area (Å²) in [6, 6.07) is 0. The molecule has 0 saturated heterocycles. The summed E-state index contributed by atoms with van der Waals surface area (Å²) in [6.45, 7) is 0. The largest absolute Gasteiger partial charge is 0.316 e. The molecule has 0 aromatic heterocycles. The van der Waals surface area contributed by atoms with Gasteiger partial charge in [-0.05, 0) is 0 Å². The molecule has 46 valence electrons. The van der Waals surface area contributed by atoms with Crippen LogP contribution in [0.1, 0.15) is 0 Å². The summed E-state index contributed by atoms with van der Waals surface area (Å²) < 4.78 is 8.88. The first kappa shape index (κ1) is 22.4. The van der Waals surface area contributed by atoms with Gasteiger partial charge in [-0.2, -0.15) is 0 Å². The minimum Gasteiger partial charge on any atom is 0.316 e. The predicted molar refractivity (Wildman–Crippen MR) is 41.3 cm³/mol. The van der Waals surface area contributed by atoms with Crippen LogP contribution in [0.5, 0.6) is 0 Å². The molecule has 0 bridgehead atoms. The molecular weight excluding hydrogens is 186 g/mol. The Balaban J connectivity index is -0.0000000267. The van der Waals surface area contributed by atoms with Gasteiger partial charge in [-0.3, -0.25) is 0 Å². The van der Waals surface area contributed by atoms with Crippen molar-refractivity contribution in [2.45, 2.75) is 0 Å². The zero-order chi connectivity index (χ0) is 4.50. The molecule has 0 heterocycles. The quantitative estimate of drug-likeness (QED) is 0.273. The first-order valence-corrected chi connectivity index (χ1v) is 2.35. The molecule has 0 aromatic rings. The first-order valence-electron chi connectivity index (χ1n) is 0.783. The van der Waals surface area contributed by atoms with Crippen LogP contribution in [0.4, 0.5) is 0 Å². The minimum absolute atomic E-state index is 0. The van der Waals surface area contributed by atoms with Crippen LogP contribution >= 0.6 is 7.82 Å². The van der Waals surface area contributed by atoms with E-state index in [1.807, 2.05) is 0 Å². The second-order valence-corrected chi connectivity index (χ2v) is 1.54. The SMILES string of the molecule is O=P(O)(O)O.[AlH3].[CaH2].[MgH2]. The maximum absolute atomic E-state index is 8.88. The third kappa shape index (κ3) is 71.6. The normalized spacial score (nSPS) is 7.38. The van der Waals surface area contributed by atoms with Crippen LogP contribution in [0.2, 0.25) is 0 Å². The van der Waals surface area contributed by atoms with Crippen LogP contribution in [0.3, 0.4) is 0 Å². The van der Waals surface area contributed by atoms with Crippen molar-refractivity contribution in [3.05, 3.63) is 0 Å². The van der Waals surface area contributed by atoms with Crippen molar-refractivity contribution in [2.75, 3.05) is 0 Å². The van der Waals surface area contributed by atoms with Gasteiger partial charge in [-0.1, -0.05) is 0 Å². The molecule has 0 aliphatic rings. The van der Waals surface area contributed by atoms with Gasteiger partial charge >= 0.3 is 68.6 Å². The Kier molecular flexibility index (Phi) is 27.1. The Labute approximate surface area is 104 Å². The number of phosphoric acid groups is 1. The van der Waals surface area contributed by atoms with E-state index in [1.54, 1.807) is 0 Å². The van der Waals surface area contributed by atoms with Gasteiger partial charge in [0, 0.05) is 0 Å². The summed E-state index contributed by atoms with van der Waals surface area (Å²) in [5.74, 6) is 0. The fraction of sp³-hybridized carbons (Fsp3) is 0. The molecular formula is H10AlCaMgO4P. The summed E-state index contributed by atoms with van der Waals surface area (Å²) in [5.41, 5.74) is 0. The van der Waals surface area contributed by atoms with Crippen molar-refractivity contribution in [3.63, 3.8) is 0 Å². The van der Waals surface area contributed by atoms with Crippen LogP contribution in [-0.2, 0) is 4.57 Å². The Hall–Kier alpha value is 2.67. The van der Waals surface area contributed by atoms with E-state index in [2.05, 4.69) is 0 Å². The fourth-order valence-electron chi connectivity index (χ4n) is 0. The van der Waals surface area contributed by atoms with Gasteiger partial charge in [0.25, 0.3) is 0 Å². The molecule has 0 aliphatic heterocycles. The fourth-order valence-corrected chi connectivity index (χ4v) is 0. The Bertz CT molecular complexity index is 62.2. The van der Waals surface area contributed by atoms with E-state index in [4.69, 9.17) is 19.2 Å². The van der Waals surface area contributed by atoms with Crippen molar-refractivity contribution in [2.24, 2.45) is 0 Å². The number of hydrogen-bond donors (Lipinski definition) is 3. The molecule has 0 radical (unpaired) electrons. The minimum atomic E-state index is -4.64. The van der Waals surface area contributed by atoms with Gasteiger partial charge in [0.1, 0.15) is 0 Å². The second kappa shape index (κ2) is 9.67. The first-order chi connectivity index (χ1) is 2.00. The molecule has 0 unspecified atom stereocenters. The van der Waals surface area contributed by atoms with E-state index < -0.39 is 7.82 Å². The van der Waals surface area contributed by atoms with E-state index >= 15 is 0 Å². The summed E-state index contributed by atoms with van der Waals surface area (Å²) in [6.07, 6.45) is 0. The van der Waals surface area contributed by atoms with Crippen LogP contribution in [0.25, 0.3) is 0 Å². The number of rotatable bonds is 0. The Morgan fingerprint density at radius 1 is 1.12 bits per heavy atom. The Morgan fingerprint density at radius 2 is 1.12 bits per heavy atom. The monoisotopic (exact) mass is 196 g/mol. The van der Waals surface area contributed by atoms with Gasteiger partial charge in [0.15, 0.2) is 17.4 Å². The van der Waals surface area contributed by atoms with E-state index in [9.17, 15) is 0 Å². The van der Waals surface area contributed by atoms with Crippen LogP contribution in [0.15, 0.2) is 0 Å². The third-order valence-electron chi connectivity index (χ3n) is 0. The molecule has 0 saturated carbocycles. The molecule has 0 fully saturated rings. The topological polar surface area (TPSA) is 77.8 Å². The van der Waals surface area contributed by atoms with Gasteiger partial charge in [-0.15, -0.1) is 0 Å². The zero-order valence-corrected chi connectivity index (χ0v) is 3.09. The van der Waals surface area contributed by atoms with E-state index in [0.29, 0.717) is 0 Å². The average Bonchev–Trinajstić information content (AvgIpc) is 0.722. The van der Waals surface area contributed by atoms with Crippen molar-refractivity contribution in [1.82, 2.24) is 0 Å². The van der Waals surface area contributed by atoms with Crippen molar-refractivity contribution in [1.29, 1.82) is 0 Å². The predicted octanol–water partition coefficient (Wildman–Crippen LogP) is -3.94. The van der Waals surface area contributed by atoms with Crippen LogP contribution < -0.4 is 0 Å². The zero-order valence-electron chi connectivity index (χ0n) is 2.20. The number of hydrogen-bond acceptors (Lipinski definition) is 1. The van der Waals surface area contributed by atoms with Crippen LogP contribution in [0, 0.1) is 0 Å². The molecule has 0 atom stereocenters. The Morgan fingerprint density at radius 3 is 1.12 bits per heavy atom. The van der Waals surface area contributed by atoms with E-state index in [1.165, 1.54) is 0 Å². The summed E-state index contributed by atoms with van der Waals surface area (Å²) in [4.78, 5) is 21.6. The van der Waals surface area contributed by atoms with Gasteiger partial charge in [-0.25, -0.2) is 4.57 Å². The molecule has 3 N–H and O–H groups in total. The second-order valence-electron chi connectivity index (χ2n) is 0.513. The molecule has 0 aliphatic carbocycles. The smallest absolute Gasteiger partial charge is 0.316 e. The van der Waals surface area contributed by atoms with Crippen molar-refractivity contribution in [3.8, 4) is 0 Å². The summed E-state index contributed by atoms with van der Waals surface area (Å²) >= 11 is 0. The summed E-state index contributed by atoms with van der Waals surface area (Å²) in [5, 5.41) is 0. The molecule has 8 heavy (non-hydrogen) atoms. The maximum Gasteiger partial charge on any atom is 0.316 e. The molecule has 0 rings (SSSR count). The maximum atomic E-state index is 8.88. The van der Waals surface area contributed by atoms with Gasteiger partial charge < -0.3 is 14.7 Å². The van der Waals surface area contributed by atoms with E-state index in [0.717, 1.165) is 0 Å². The molecule has 4 nitrogen and oxygen atoms in total. The van der Waals surface area contributed by atoms with Crippen molar-refractivity contribution < 1.29 is 19.2 Å². The van der Waals surface area contributed by atoms with Crippen LogP contribution in [-0.4, -0.2) is 92.8 Å². The standard InChI is InChI=1S/Al.Ca.Mg.H3O4P.7H/c;;;1-5(2,3)4;;;;;;;/h;;;(H3,1,2,3,4);;;;;;;. The van der Waals surface area contributed by atoms with E-state index in [-0.39, 0.29) is 78.2 Å². The molecule has 0 spiro atoms.